The maximum Gasteiger partial charge on any atom is 0.323 e. The molecule has 2 amide bonds. The number of rotatable bonds is 3. The molecule has 160 valence electrons. The number of H-pyrrole nitrogens is 1. The summed E-state index contributed by atoms with van der Waals surface area (Å²) in [4.78, 5) is 54.4. The highest BCUT2D eigenvalue weighted by Crippen LogP contribution is 2.68. The highest BCUT2D eigenvalue weighted by molar-refractivity contribution is 8.00. The van der Waals surface area contributed by atoms with Crippen LogP contribution in [0.25, 0.3) is 0 Å². The van der Waals surface area contributed by atoms with Gasteiger partial charge in [0, 0.05) is 16.0 Å². The minimum Gasteiger partial charge on any atom is -0.480 e. The number of thioether (sulfide) groups is 1. The Morgan fingerprint density at radius 2 is 1.81 bits per heavy atom. The SMILES string of the molecule is Cc1ccc([C@@H]2c3sc(=O)[nH]c3S[C@@H]3[C@H]4C[C@@H]([C@@H]5C(=O)N(CC(=O)O)C(=O)[C@@H]45)[C@H]23)cc1. The van der Waals surface area contributed by atoms with E-state index in [9.17, 15) is 24.3 Å². The van der Waals surface area contributed by atoms with Crippen LogP contribution in [0.4, 0.5) is 0 Å². The van der Waals surface area contributed by atoms with Gasteiger partial charge in [-0.2, -0.15) is 0 Å². The topological polar surface area (TPSA) is 108 Å². The lowest BCUT2D eigenvalue weighted by molar-refractivity contribution is -0.149. The predicted octanol–water partition coefficient (Wildman–Crippen LogP) is 2.30. The summed E-state index contributed by atoms with van der Waals surface area (Å²) >= 11 is 2.87. The van der Waals surface area contributed by atoms with E-state index in [4.69, 9.17) is 0 Å². The maximum atomic E-state index is 13.1. The van der Waals surface area contributed by atoms with Gasteiger partial charge in [0.1, 0.15) is 6.54 Å². The summed E-state index contributed by atoms with van der Waals surface area (Å²) in [6, 6.07) is 8.33. The van der Waals surface area contributed by atoms with Gasteiger partial charge in [0.2, 0.25) is 11.8 Å². The van der Waals surface area contributed by atoms with Crippen molar-refractivity contribution in [3.63, 3.8) is 0 Å². The van der Waals surface area contributed by atoms with Crippen molar-refractivity contribution in [1.29, 1.82) is 0 Å². The minimum atomic E-state index is -1.17. The van der Waals surface area contributed by atoms with Crippen molar-refractivity contribution >= 4 is 40.9 Å². The molecule has 7 nitrogen and oxygen atoms in total. The second kappa shape index (κ2) is 6.56. The molecule has 0 radical (unpaired) electrons. The van der Waals surface area contributed by atoms with Crippen LogP contribution < -0.4 is 4.87 Å². The van der Waals surface area contributed by atoms with Gasteiger partial charge in [0.25, 0.3) is 0 Å². The molecule has 7 atom stereocenters. The Bertz CT molecular complexity index is 1190. The quantitative estimate of drug-likeness (QED) is 0.687. The Morgan fingerprint density at radius 1 is 1.13 bits per heavy atom. The lowest BCUT2D eigenvalue weighted by Gasteiger charge is -2.43. The van der Waals surface area contributed by atoms with Crippen LogP contribution in [0.1, 0.15) is 28.3 Å². The first-order valence-electron chi connectivity index (χ1n) is 10.4. The van der Waals surface area contributed by atoms with Crippen LogP contribution in [0.5, 0.6) is 0 Å². The van der Waals surface area contributed by atoms with Crippen molar-refractivity contribution in [3.05, 3.63) is 49.9 Å². The third-order valence-corrected chi connectivity index (χ3v) is 10.1. The number of nitrogens with zero attached hydrogens (tertiary/aromatic N) is 1. The van der Waals surface area contributed by atoms with Gasteiger partial charge in [0.15, 0.2) is 0 Å². The average Bonchev–Trinajstić information content (AvgIpc) is 3.44. The second-order valence-electron chi connectivity index (χ2n) is 9.03. The molecule has 0 unspecified atom stereocenters. The fraction of sp³-hybridized carbons (Fsp3) is 0.455. The number of aromatic amines is 1. The minimum absolute atomic E-state index is 0.00169. The first-order chi connectivity index (χ1) is 14.8. The van der Waals surface area contributed by atoms with Gasteiger partial charge < -0.3 is 10.1 Å². The van der Waals surface area contributed by atoms with Crippen molar-refractivity contribution in [1.82, 2.24) is 9.88 Å². The van der Waals surface area contributed by atoms with E-state index in [2.05, 4.69) is 29.2 Å². The molecular formula is C22H20N2O5S2. The monoisotopic (exact) mass is 456 g/mol. The molecule has 2 aliphatic heterocycles. The number of imide groups is 1. The third-order valence-electron chi connectivity index (χ3n) is 7.55. The second-order valence-corrected chi connectivity index (χ2v) is 11.2. The smallest absolute Gasteiger partial charge is 0.323 e. The summed E-state index contributed by atoms with van der Waals surface area (Å²) < 4.78 is 0. The Hall–Kier alpha value is -2.39. The first-order valence-corrected chi connectivity index (χ1v) is 12.1. The molecule has 2 aliphatic carbocycles. The molecule has 2 aromatic rings. The molecule has 9 heteroatoms. The zero-order valence-electron chi connectivity index (χ0n) is 16.6. The van der Waals surface area contributed by atoms with Crippen LogP contribution in [-0.2, 0) is 14.4 Å². The standard InChI is InChI=1S/C22H20N2O5S2/c1-8-2-4-9(5-3-8)13-14-10-6-11(17(14)30-19-18(13)31-22(29)23-19)16-15(10)20(27)24(21(16)28)7-12(25)26/h2-5,10-11,13-17H,6-7H2,1H3,(H,23,29)(H,25,26)/t10-,11+,13+,14-,15+,16+,17-/m1/s1. The number of hydrogen-bond acceptors (Lipinski definition) is 6. The average molecular weight is 457 g/mol. The van der Waals surface area contributed by atoms with Crippen molar-refractivity contribution in [2.75, 3.05) is 6.54 Å². The van der Waals surface area contributed by atoms with Crippen molar-refractivity contribution in [2.45, 2.75) is 29.5 Å². The van der Waals surface area contributed by atoms with E-state index in [-0.39, 0.29) is 45.6 Å². The largest absolute Gasteiger partial charge is 0.480 e. The number of amides is 2. The highest BCUT2D eigenvalue weighted by Gasteiger charge is 2.69. The molecule has 6 rings (SSSR count). The molecule has 31 heavy (non-hydrogen) atoms. The number of likely N-dealkylation sites (tertiary alicyclic amines) is 1. The van der Waals surface area contributed by atoms with Gasteiger partial charge >= 0.3 is 10.8 Å². The number of benzene rings is 1. The van der Waals surface area contributed by atoms with E-state index in [1.165, 1.54) is 11.3 Å². The number of carbonyl (C=O) groups excluding carboxylic acids is 2. The number of aliphatic carboxylic acids is 1. The van der Waals surface area contributed by atoms with E-state index >= 15 is 0 Å². The van der Waals surface area contributed by atoms with Gasteiger partial charge in [-0.1, -0.05) is 41.2 Å². The molecular weight excluding hydrogens is 436 g/mol. The Kier molecular flexibility index (Phi) is 4.08. The van der Waals surface area contributed by atoms with Gasteiger partial charge in [-0.25, -0.2) is 0 Å². The Labute approximate surface area is 185 Å². The number of carboxylic acids is 1. The zero-order chi connectivity index (χ0) is 21.6. The van der Waals surface area contributed by atoms with Crippen LogP contribution >= 0.6 is 23.1 Å². The number of aromatic nitrogens is 1. The van der Waals surface area contributed by atoms with Crippen LogP contribution in [-0.4, -0.2) is 44.6 Å². The van der Waals surface area contributed by atoms with Crippen LogP contribution in [0.3, 0.4) is 0 Å². The number of aryl methyl sites for hydroxylation is 1. The molecule has 2 saturated carbocycles. The Balaban J connectivity index is 1.45. The summed E-state index contributed by atoms with van der Waals surface area (Å²) in [5, 5.41) is 10.2. The number of carbonyl (C=O) groups is 3. The molecule has 3 fully saturated rings. The molecule has 2 N–H and O–H groups in total. The van der Waals surface area contributed by atoms with E-state index in [0.717, 1.165) is 32.4 Å². The number of hydrogen-bond donors (Lipinski definition) is 2. The summed E-state index contributed by atoms with van der Waals surface area (Å²) in [6.45, 7) is 1.47. The fourth-order valence-electron chi connectivity index (χ4n) is 6.52. The first kappa shape index (κ1) is 19.3. The lowest BCUT2D eigenvalue weighted by Crippen LogP contribution is -2.42. The number of carboxylic acid groups (broad SMARTS) is 1. The fourth-order valence-corrected chi connectivity index (χ4v) is 9.41. The third kappa shape index (κ3) is 2.59. The van der Waals surface area contributed by atoms with Gasteiger partial charge in [-0.3, -0.25) is 24.1 Å². The highest BCUT2D eigenvalue weighted by atomic mass is 32.2. The van der Waals surface area contributed by atoms with Gasteiger partial charge in [0.05, 0.1) is 16.9 Å². The molecule has 1 aromatic carbocycles. The van der Waals surface area contributed by atoms with Crippen molar-refractivity contribution < 1.29 is 19.5 Å². The van der Waals surface area contributed by atoms with E-state index in [1.54, 1.807) is 11.8 Å². The molecule has 3 heterocycles. The summed E-state index contributed by atoms with van der Waals surface area (Å²) in [7, 11) is 0. The molecule has 2 bridgehead atoms. The summed E-state index contributed by atoms with van der Waals surface area (Å²) in [5.41, 5.74) is 2.28. The summed E-state index contributed by atoms with van der Waals surface area (Å²) in [6.07, 6.45) is 0.803. The van der Waals surface area contributed by atoms with Crippen molar-refractivity contribution in [3.8, 4) is 0 Å². The molecule has 4 aliphatic rings. The van der Waals surface area contributed by atoms with Gasteiger partial charge in [-0.15, -0.1) is 11.8 Å². The Morgan fingerprint density at radius 3 is 2.48 bits per heavy atom. The van der Waals surface area contributed by atoms with Crippen LogP contribution in [0.2, 0.25) is 0 Å². The van der Waals surface area contributed by atoms with Crippen LogP contribution in [0.15, 0.2) is 34.1 Å². The molecule has 1 saturated heterocycles. The normalized spacial score (nSPS) is 35.3. The number of fused-ring (bicyclic) bond motifs is 9. The van der Waals surface area contributed by atoms with Crippen molar-refractivity contribution in [2.24, 2.45) is 29.6 Å². The molecule has 0 spiro atoms. The van der Waals surface area contributed by atoms with Gasteiger partial charge in [-0.05, 0) is 36.7 Å². The number of thiazole rings is 1. The predicted molar refractivity (Wildman–Crippen MR) is 114 cm³/mol. The summed E-state index contributed by atoms with van der Waals surface area (Å²) in [5.74, 6) is -2.54. The van der Waals surface area contributed by atoms with E-state index in [1.807, 2.05) is 6.92 Å². The molecule has 1 aromatic heterocycles. The maximum absolute atomic E-state index is 13.1. The van der Waals surface area contributed by atoms with E-state index in [0.29, 0.717) is 0 Å². The zero-order valence-corrected chi connectivity index (χ0v) is 18.2. The van der Waals surface area contributed by atoms with E-state index < -0.39 is 24.3 Å². The number of nitrogens with one attached hydrogen (secondary N) is 1. The lowest BCUT2D eigenvalue weighted by atomic mass is 9.68. The van der Waals surface area contributed by atoms with Crippen LogP contribution in [0, 0.1) is 36.5 Å².